The molecule has 0 unspecified atom stereocenters. The van der Waals surface area contributed by atoms with Crippen molar-refractivity contribution in [3.63, 3.8) is 0 Å². The zero-order valence-corrected chi connectivity index (χ0v) is 12.3. The Morgan fingerprint density at radius 1 is 1.45 bits per heavy atom. The van der Waals surface area contributed by atoms with Crippen LogP contribution in [0.4, 0.5) is 0 Å². The van der Waals surface area contributed by atoms with Gasteiger partial charge in [0.15, 0.2) is 0 Å². The number of carbonyl (C=O) groups is 1. The summed E-state index contributed by atoms with van der Waals surface area (Å²) in [5, 5.41) is 13.8. The number of hydrogen-bond acceptors (Lipinski definition) is 4. The van der Waals surface area contributed by atoms with Gasteiger partial charge in [-0.2, -0.15) is 0 Å². The molecule has 0 saturated heterocycles. The molecular weight excluding hydrogens is 256 g/mol. The number of benzene rings is 1. The number of fused-ring (bicyclic) bond motifs is 1. The van der Waals surface area contributed by atoms with E-state index in [4.69, 9.17) is 10.5 Å². The number of nitrogens with one attached hydrogen (secondary N) is 1. The largest absolute Gasteiger partial charge is 0.485 e. The summed E-state index contributed by atoms with van der Waals surface area (Å²) in [6.07, 6.45) is -0.722. The molecule has 1 heterocycles. The first-order chi connectivity index (χ1) is 9.22. The van der Waals surface area contributed by atoms with E-state index in [9.17, 15) is 9.90 Å². The van der Waals surface area contributed by atoms with Gasteiger partial charge in [-0.3, -0.25) is 4.79 Å². The van der Waals surface area contributed by atoms with Gasteiger partial charge in [0.05, 0.1) is 6.04 Å². The maximum atomic E-state index is 11.3. The Balaban J connectivity index is 2.50. The fourth-order valence-electron chi connectivity index (χ4n) is 2.49. The Labute approximate surface area is 119 Å². The van der Waals surface area contributed by atoms with Crippen molar-refractivity contribution >= 4 is 5.91 Å². The molecule has 1 aliphatic rings. The zero-order valence-electron chi connectivity index (χ0n) is 12.3. The van der Waals surface area contributed by atoms with E-state index in [1.165, 1.54) is 0 Å². The van der Waals surface area contributed by atoms with Crippen molar-refractivity contribution in [3.8, 4) is 5.75 Å². The highest BCUT2D eigenvalue weighted by Gasteiger charge is 2.43. The Hall–Kier alpha value is -1.59. The first-order valence-corrected chi connectivity index (χ1v) is 6.79. The van der Waals surface area contributed by atoms with Crippen molar-refractivity contribution in [1.29, 1.82) is 0 Å². The number of amides is 1. The number of rotatable bonds is 3. The molecule has 1 aromatic carbocycles. The van der Waals surface area contributed by atoms with Gasteiger partial charge in [0.2, 0.25) is 5.91 Å². The molecule has 0 aliphatic carbocycles. The van der Waals surface area contributed by atoms with Crippen molar-refractivity contribution in [3.05, 3.63) is 29.3 Å². The third kappa shape index (κ3) is 2.64. The molecule has 0 radical (unpaired) electrons. The van der Waals surface area contributed by atoms with Crippen LogP contribution in [0.2, 0.25) is 0 Å². The van der Waals surface area contributed by atoms with Crippen molar-refractivity contribution in [2.75, 3.05) is 0 Å². The van der Waals surface area contributed by atoms with E-state index in [1.807, 2.05) is 27.7 Å². The standard InChI is InChI=1S/C15H22N2O3/c1-8(2)17-12-10-7-9(14(16)19)5-6-11(10)20-15(3,4)13(12)18/h5-8,12-13,17-18H,1-4H3,(H2,16,19)/t12-,13+/m1/s1. The molecular formula is C15H22N2O3. The van der Waals surface area contributed by atoms with E-state index in [0.29, 0.717) is 11.3 Å². The average Bonchev–Trinajstić information content (AvgIpc) is 2.33. The van der Waals surface area contributed by atoms with Crippen LogP contribution in [0.5, 0.6) is 5.75 Å². The molecule has 5 heteroatoms. The van der Waals surface area contributed by atoms with E-state index in [-0.39, 0.29) is 12.1 Å². The van der Waals surface area contributed by atoms with Gasteiger partial charge in [0, 0.05) is 17.2 Å². The molecule has 0 spiro atoms. The summed E-state index contributed by atoms with van der Waals surface area (Å²) in [4.78, 5) is 11.3. The Bertz CT molecular complexity index is 526. The summed E-state index contributed by atoms with van der Waals surface area (Å²) in [6.45, 7) is 7.70. The van der Waals surface area contributed by atoms with Gasteiger partial charge in [0.25, 0.3) is 0 Å². The van der Waals surface area contributed by atoms with Crippen LogP contribution in [0.15, 0.2) is 18.2 Å². The van der Waals surface area contributed by atoms with Crippen LogP contribution in [0.3, 0.4) is 0 Å². The van der Waals surface area contributed by atoms with Crippen LogP contribution in [-0.2, 0) is 0 Å². The molecule has 1 aliphatic heterocycles. The summed E-state index contributed by atoms with van der Waals surface area (Å²) in [7, 11) is 0. The number of aliphatic hydroxyl groups is 1. The summed E-state index contributed by atoms with van der Waals surface area (Å²) < 4.78 is 5.84. The number of hydrogen-bond donors (Lipinski definition) is 3. The van der Waals surface area contributed by atoms with Crippen LogP contribution in [0.25, 0.3) is 0 Å². The fourth-order valence-corrected chi connectivity index (χ4v) is 2.49. The van der Waals surface area contributed by atoms with Gasteiger partial charge in [-0.05, 0) is 32.0 Å². The number of aliphatic hydroxyl groups excluding tert-OH is 1. The second kappa shape index (κ2) is 5.07. The van der Waals surface area contributed by atoms with Crippen LogP contribution < -0.4 is 15.8 Å². The maximum Gasteiger partial charge on any atom is 0.248 e. The highest BCUT2D eigenvalue weighted by Crippen LogP contribution is 2.40. The molecule has 2 rings (SSSR count). The molecule has 0 fully saturated rings. The van der Waals surface area contributed by atoms with Gasteiger partial charge in [0.1, 0.15) is 17.5 Å². The smallest absolute Gasteiger partial charge is 0.248 e. The lowest BCUT2D eigenvalue weighted by Gasteiger charge is -2.43. The number of nitrogens with two attached hydrogens (primary N) is 1. The van der Waals surface area contributed by atoms with E-state index in [2.05, 4.69) is 5.32 Å². The highest BCUT2D eigenvalue weighted by molar-refractivity contribution is 5.93. The van der Waals surface area contributed by atoms with Crippen molar-refractivity contribution in [2.24, 2.45) is 5.73 Å². The monoisotopic (exact) mass is 278 g/mol. The van der Waals surface area contributed by atoms with Crippen LogP contribution in [0.1, 0.15) is 49.7 Å². The highest BCUT2D eigenvalue weighted by atomic mass is 16.5. The molecule has 2 atom stereocenters. The van der Waals surface area contributed by atoms with Gasteiger partial charge in [-0.25, -0.2) is 0 Å². The summed E-state index contributed by atoms with van der Waals surface area (Å²) in [5.74, 6) is 0.180. The van der Waals surface area contributed by atoms with Crippen molar-refractivity contribution in [1.82, 2.24) is 5.32 Å². The molecule has 0 bridgehead atoms. The topological polar surface area (TPSA) is 84.6 Å². The average molecular weight is 278 g/mol. The summed E-state index contributed by atoms with van der Waals surface area (Å²) in [6, 6.07) is 4.96. The molecule has 0 aromatic heterocycles. The molecule has 110 valence electrons. The van der Waals surface area contributed by atoms with Gasteiger partial charge < -0.3 is 20.9 Å². The third-order valence-corrected chi connectivity index (χ3v) is 3.54. The molecule has 1 aromatic rings. The lowest BCUT2D eigenvalue weighted by molar-refractivity contribution is -0.0658. The number of ether oxygens (including phenoxy) is 1. The lowest BCUT2D eigenvalue weighted by Crippen LogP contribution is -2.53. The van der Waals surface area contributed by atoms with E-state index >= 15 is 0 Å². The predicted octanol–water partition coefficient (Wildman–Crippen LogP) is 1.36. The van der Waals surface area contributed by atoms with E-state index in [0.717, 1.165) is 5.56 Å². The maximum absolute atomic E-state index is 11.3. The number of primary amides is 1. The van der Waals surface area contributed by atoms with Gasteiger partial charge in [-0.15, -0.1) is 0 Å². The van der Waals surface area contributed by atoms with E-state index in [1.54, 1.807) is 18.2 Å². The Kier molecular flexibility index (Phi) is 3.75. The zero-order chi connectivity index (χ0) is 15.1. The lowest BCUT2D eigenvalue weighted by atomic mass is 9.85. The molecule has 4 N–H and O–H groups in total. The second-order valence-electron chi connectivity index (χ2n) is 6.07. The Morgan fingerprint density at radius 3 is 2.65 bits per heavy atom. The van der Waals surface area contributed by atoms with Crippen molar-refractivity contribution in [2.45, 2.75) is 51.5 Å². The van der Waals surface area contributed by atoms with Gasteiger partial charge in [-0.1, -0.05) is 13.8 Å². The summed E-state index contributed by atoms with van der Waals surface area (Å²) in [5.41, 5.74) is 5.80. The second-order valence-corrected chi connectivity index (χ2v) is 6.07. The van der Waals surface area contributed by atoms with Crippen LogP contribution in [-0.4, -0.2) is 28.8 Å². The molecule has 5 nitrogen and oxygen atoms in total. The fraction of sp³-hybridized carbons (Fsp3) is 0.533. The normalized spacial score (nSPS) is 24.1. The molecule has 20 heavy (non-hydrogen) atoms. The minimum Gasteiger partial charge on any atom is -0.485 e. The third-order valence-electron chi connectivity index (χ3n) is 3.54. The van der Waals surface area contributed by atoms with Gasteiger partial charge >= 0.3 is 0 Å². The van der Waals surface area contributed by atoms with Crippen molar-refractivity contribution < 1.29 is 14.6 Å². The van der Waals surface area contributed by atoms with Crippen LogP contribution in [0, 0.1) is 0 Å². The first kappa shape index (κ1) is 14.8. The summed E-state index contributed by atoms with van der Waals surface area (Å²) >= 11 is 0. The quantitative estimate of drug-likeness (QED) is 0.779. The Morgan fingerprint density at radius 2 is 2.10 bits per heavy atom. The first-order valence-electron chi connectivity index (χ1n) is 6.79. The molecule has 1 amide bonds. The van der Waals surface area contributed by atoms with Crippen LogP contribution >= 0.6 is 0 Å². The van der Waals surface area contributed by atoms with E-state index < -0.39 is 17.6 Å². The molecule has 0 saturated carbocycles. The minimum atomic E-state index is -0.722. The SMILES string of the molecule is CC(C)N[C@@H]1c2cc(C(N)=O)ccc2OC(C)(C)[C@H]1O. The minimum absolute atomic E-state index is 0.189. The number of carbonyl (C=O) groups excluding carboxylic acids is 1. The predicted molar refractivity (Wildman–Crippen MR) is 76.7 cm³/mol.